The van der Waals surface area contributed by atoms with Gasteiger partial charge in [0.05, 0.1) is 13.2 Å². The number of unbranched alkanes of at least 4 members (excludes halogenated alkanes) is 3. The summed E-state index contributed by atoms with van der Waals surface area (Å²) in [6, 6.07) is 0. The van der Waals surface area contributed by atoms with Gasteiger partial charge in [0.1, 0.15) is 0 Å². The predicted octanol–water partition coefficient (Wildman–Crippen LogP) is 4.14. The molecule has 136 valence electrons. The number of carboxylic acids is 1. The third-order valence-corrected chi connectivity index (χ3v) is 4.51. The molecule has 0 amide bonds. The lowest BCUT2D eigenvalue weighted by atomic mass is 9.95. The Morgan fingerprint density at radius 1 is 0.870 bits per heavy atom. The minimum Gasteiger partial charge on any atom is -0.479 e. The third kappa shape index (κ3) is 4.91. The third-order valence-electron chi connectivity index (χ3n) is 4.51. The largest absolute Gasteiger partial charge is 0.479 e. The highest BCUT2D eigenvalue weighted by Crippen LogP contribution is 2.46. The van der Waals surface area contributed by atoms with E-state index in [4.69, 9.17) is 14.2 Å². The van der Waals surface area contributed by atoms with Crippen molar-refractivity contribution in [3.63, 3.8) is 0 Å². The maximum absolute atomic E-state index is 12.1. The molecule has 5 heteroatoms. The number of ether oxygens (including phenoxy) is 3. The summed E-state index contributed by atoms with van der Waals surface area (Å²) in [5.74, 6) is -2.10. The summed E-state index contributed by atoms with van der Waals surface area (Å²) in [6.45, 7) is 7.69. The average Bonchev–Trinajstić information content (AvgIpc) is 2.88. The van der Waals surface area contributed by atoms with Crippen molar-refractivity contribution in [2.24, 2.45) is 0 Å². The molecule has 0 aromatic heterocycles. The van der Waals surface area contributed by atoms with Crippen LogP contribution in [0.2, 0.25) is 0 Å². The van der Waals surface area contributed by atoms with E-state index in [1.807, 2.05) is 0 Å². The van der Waals surface area contributed by atoms with Gasteiger partial charge in [0, 0.05) is 13.0 Å². The van der Waals surface area contributed by atoms with Gasteiger partial charge in [0.25, 0.3) is 0 Å². The van der Waals surface area contributed by atoms with Gasteiger partial charge in [0.15, 0.2) is 0 Å². The Hall–Kier alpha value is -0.650. The molecule has 1 unspecified atom stereocenters. The zero-order valence-corrected chi connectivity index (χ0v) is 15.1. The summed E-state index contributed by atoms with van der Waals surface area (Å²) in [6.07, 6.45) is 7.38. The van der Waals surface area contributed by atoms with Crippen LogP contribution in [0, 0.1) is 0 Å². The van der Waals surface area contributed by atoms with Crippen molar-refractivity contribution >= 4 is 5.97 Å². The first-order valence-corrected chi connectivity index (χ1v) is 9.23. The molecule has 0 aliphatic heterocycles. The molecule has 1 aliphatic carbocycles. The molecule has 0 saturated heterocycles. The van der Waals surface area contributed by atoms with Gasteiger partial charge in [-0.3, -0.25) is 0 Å². The van der Waals surface area contributed by atoms with Crippen molar-refractivity contribution in [3.8, 4) is 0 Å². The van der Waals surface area contributed by atoms with Crippen molar-refractivity contribution in [1.29, 1.82) is 0 Å². The lowest BCUT2D eigenvalue weighted by Crippen LogP contribution is -2.60. The summed E-state index contributed by atoms with van der Waals surface area (Å²) in [7, 11) is 0. The molecule has 0 spiro atoms. The van der Waals surface area contributed by atoms with E-state index in [-0.39, 0.29) is 0 Å². The Kier molecular flexibility index (Phi) is 9.10. The Morgan fingerprint density at radius 3 is 1.78 bits per heavy atom. The number of aliphatic carboxylic acids is 1. The molecule has 0 heterocycles. The van der Waals surface area contributed by atoms with E-state index >= 15 is 0 Å². The van der Waals surface area contributed by atoms with Gasteiger partial charge >= 0.3 is 5.97 Å². The molecular formula is C18H34O5. The highest BCUT2D eigenvalue weighted by molar-refractivity contribution is 5.79. The molecular weight excluding hydrogens is 296 g/mol. The van der Waals surface area contributed by atoms with Crippen LogP contribution >= 0.6 is 0 Å². The number of rotatable bonds is 13. The molecule has 1 aliphatic rings. The first kappa shape index (κ1) is 20.4. The van der Waals surface area contributed by atoms with E-state index in [0.29, 0.717) is 32.7 Å². The monoisotopic (exact) mass is 330 g/mol. The first-order chi connectivity index (χ1) is 11.1. The van der Waals surface area contributed by atoms with Crippen molar-refractivity contribution in [2.75, 3.05) is 19.8 Å². The average molecular weight is 330 g/mol. The van der Waals surface area contributed by atoms with Crippen LogP contribution in [0.1, 0.15) is 78.6 Å². The van der Waals surface area contributed by atoms with Crippen LogP contribution < -0.4 is 0 Å². The van der Waals surface area contributed by atoms with Crippen LogP contribution in [-0.2, 0) is 19.0 Å². The fourth-order valence-corrected chi connectivity index (χ4v) is 3.05. The molecule has 1 saturated carbocycles. The Balaban J connectivity index is 2.96. The van der Waals surface area contributed by atoms with Gasteiger partial charge in [-0.1, -0.05) is 40.0 Å². The van der Waals surface area contributed by atoms with Crippen LogP contribution in [0.15, 0.2) is 0 Å². The van der Waals surface area contributed by atoms with E-state index in [0.717, 1.165) is 44.9 Å². The molecule has 0 bridgehead atoms. The van der Waals surface area contributed by atoms with Crippen LogP contribution in [0.5, 0.6) is 0 Å². The van der Waals surface area contributed by atoms with Gasteiger partial charge in [-0.2, -0.15) is 0 Å². The quantitative estimate of drug-likeness (QED) is 0.406. The highest BCUT2D eigenvalue weighted by atomic mass is 16.7. The molecule has 0 aromatic rings. The number of carbonyl (C=O) groups is 1. The number of hydrogen-bond acceptors (Lipinski definition) is 4. The number of hydrogen-bond donors (Lipinski definition) is 1. The highest BCUT2D eigenvalue weighted by Gasteiger charge is 2.63. The summed E-state index contributed by atoms with van der Waals surface area (Å²) < 4.78 is 18.0. The Labute approximate surface area is 140 Å². The van der Waals surface area contributed by atoms with Crippen molar-refractivity contribution in [3.05, 3.63) is 0 Å². The van der Waals surface area contributed by atoms with E-state index in [1.165, 1.54) is 0 Å². The smallest absolute Gasteiger partial charge is 0.341 e. The molecule has 5 nitrogen and oxygen atoms in total. The minimum absolute atomic E-state index is 0.429. The van der Waals surface area contributed by atoms with Gasteiger partial charge in [-0.15, -0.1) is 0 Å². The molecule has 23 heavy (non-hydrogen) atoms. The van der Waals surface area contributed by atoms with Gasteiger partial charge in [0.2, 0.25) is 11.4 Å². The molecule has 1 N–H and O–H groups in total. The molecule has 0 aromatic carbocycles. The molecule has 0 radical (unpaired) electrons. The van der Waals surface area contributed by atoms with E-state index < -0.39 is 17.4 Å². The zero-order valence-electron chi connectivity index (χ0n) is 15.1. The molecule has 1 fully saturated rings. The fraction of sp³-hybridized carbons (Fsp3) is 0.944. The summed E-state index contributed by atoms with van der Waals surface area (Å²) >= 11 is 0. The van der Waals surface area contributed by atoms with Crippen LogP contribution in [0.3, 0.4) is 0 Å². The summed E-state index contributed by atoms with van der Waals surface area (Å²) in [4.78, 5) is 12.1. The first-order valence-electron chi connectivity index (χ1n) is 9.23. The van der Waals surface area contributed by atoms with Crippen LogP contribution in [0.4, 0.5) is 0 Å². The fourth-order valence-electron chi connectivity index (χ4n) is 3.05. The lowest BCUT2D eigenvalue weighted by molar-refractivity contribution is -0.314. The van der Waals surface area contributed by atoms with Crippen molar-refractivity contribution in [2.45, 2.75) is 89.9 Å². The Bertz CT molecular complexity index is 334. The topological polar surface area (TPSA) is 65.0 Å². The maximum atomic E-state index is 12.1. The van der Waals surface area contributed by atoms with Crippen LogP contribution in [-0.4, -0.2) is 42.3 Å². The lowest BCUT2D eigenvalue weighted by Gasteiger charge is -2.42. The Morgan fingerprint density at radius 2 is 1.35 bits per heavy atom. The van der Waals surface area contributed by atoms with Crippen molar-refractivity contribution in [1.82, 2.24) is 0 Å². The van der Waals surface area contributed by atoms with Gasteiger partial charge in [-0.25, -0.2) is 4.79 Å². The van der Waals surface area contributed by atoms with Gasteiger partial charge < -0.3 is 19.3 Å². The SMILES string of the molecule is CCCCOC1(OCCCC)CCCC1(OCCCC)C(=O)O. The van der Waals surface area contributed by atoms with E-state index in [1.54, 1.807) is 0 Å². The molecule has 1 rings (SSSR count). The predicted molar refractivity (Wildman–Crippen MR) is 89.5 cm³/mol. The second kappa shape index (κ2) is 10.3. The minimum atomic E-state index is -1.37. The summed E-state index contributed by atoms with van der Waals surface area (Å²) in [5, 5.41) is 9.93. The zero-order chi connectivity index (χ0) is 17.2. The number of carboxylic acid groups (broad SMARTS) is 1. The second-order valence-corrected chi connectivity index (χ2v) is 6.34. The molecule has 1 atom stereocenters. The summed E-state index contributed by atoms with van der Waals surface area (Å²) in [5.41, 5.74) is -1.37. The van der Waals surface area contributed by atoms with E-state index in [2.05, 4.69) is 20.8 Å². The van der Waals surface area contributed by atoms with Gasteiger partial charge in [-0.05, 0) is 32.1 Å². The van der Waals surface area contributed by atoms with E-state index in [9.17, 15) is 9.90 Å². The van der Waals surface area contributed by atoms with Crippen LogP contribution in [0.25, 0.3) is 0 Å². The maximum Gasteiger partial charge on any atom is 0.341 e. The normalized spacial score (nSPS) is 23.3. The standard InChI is InChI=1S/C18H34O5/c1-4-7-13-21-17(16(19)20)11-10-12-18(17,22-14-8-5-2)23-15-9-6-3/h4-15H2,1-3H3,(H,19,20). The second-order valence-electron chi connectivity index (χ2n) is 6.34. The van der Waals surface area contributed by atoms with Crippen molar-refractivity contribution < 1.29 is 24.1 Å².